The van der Waals surface area contributed by atoms with Gasteiger partial charge in [0.2, 0.25) is 0 Å². The molecule has 0 aromatic rings. The lowest BCUT2D eigenvalue weighted by Crippen LogP contribution is -2.40. The summed E-state index contributed by atoms with van der Waals surface area (Å²) in [6.07, 6.45) is 5.09. The fourth-order valence-corrected chi connectivity index (χ4v) is 2.05. The molecule has 0 amide bonds. The van der Waals surface area contributed by atoms with Crippen molar-refractivity contribution in [1.29, 1.82) is 0 Å². The van der Waals surface area contributed by atoms with Crippen molar-refractivity contribution in [2.75, 3.05) is 13.2 Å². The van der Waals surface area contributed by atoms with Gasteiger partial charge in [-0.2, -0.15) is 0 Å². The van der Waals surface area contributed by atoms with E-state index < -0.39 is 0 Å². The number of ether oxygens (including phenoxy) is 1. The highest BCUT2D eigenvalue weighted by Crippen LogP contribution is 2.23. The predicted molar refractivity (Wildman–Crippen MR) is 56.1 cm³/mol. The highest BCUT2D eigenvalue weighted by atomic mass is 16.5. The Hall–Kier alpha value is -0.570. The maximum absolute atomic E-state index is 11.1. The second-order valence-electron chi connectivity index (χ2n) is 4.05. The molecule has 1 aliphatic carbocycles. The van der Waals surface area contributed by atoms with E-state index in [0.29, 0.717) is 25.1 Å². The van der Waals surface area contributed by atoms with Gasteiger partial charge < -0.3 is 10.1 Å². The van der Waals surface area contributed by atoms with Crippen molar-refractivity contribution in [3.63, 3.8) is 0 Å². The topological polar surface area (TPSA) is 38.3 Å². The maximum Gasteiger partial charge on any atom is 0.319 e. The summed E-state index contributed by atoms with van der Waals surface area (Å²) >= 11 is 0. The maximum atomic E-state index is 11.1. The lowest BCUT2D eigenvalue weighted by molar-refractivity contribution is -0.142. The fraction of sp³-hybridized carbons (Fsp3) is 0.909. The first-order chi connectivity index (χ1) is 6.74. The Balaban J connectivity index is 2.19. The van der Waals surface area contributed by atoms with E-state index in [1.54, 1.807) is 0 Å². The Morgan fingerprint density at radius 1 is 1.43 bits per heavy atom. The molecular weight excluding hydrogens is 178 g/mol. The first kappa shape index (κ1) is 11.5. The van der Waals surface area contributed by atoms with Crippen molar-refractivity contribution in [2.45, 2.75) is 45.6 Å². The zero-order chi connectivity index (χ0) is 10.4. The number of nitrogens with one attached hydrogen (secondary N) is 1. The molecule has 0 unspecified atom stereocenters. The van der Waals surface area contributed by atoms with Crippen LogP contribution in [0.1, 0.15) is 39.5 Å². The highest BCUT2D eigenvalue weighted by molar-refractivity contribution is 5.71. The third kappa shape index (κ3) is 3.66. The zero-order valence-corrected chi connectivity index (χ0v) is 9.21. The number of hydrogen-bond acceptors (Lipinski definition) is 3. The van der Waals surface area contributed by atoms with E-state index in [9.17, 15) is 4.79 Å². The van der Waals surface area contributed by atoms with Gasteiger partial charge in [0.1, 0.15) is 0 Å². The Bertz CT molecular complexity index is 182. The third-order valence-corrected chi connectivity index (χ3v) is 2.93. The van der Waals surface area contributed by atoms with Gasteiger partial charge in [-0.1, -0.05) is 19.8 Å². The first-order valence-corrected chi connectivity index (χ1v) is 5.63. The van der Waals surface area contributed by atoms with Gasteiger partial charge in [0.15, 0.2) is 0 Å². The molecule has 2 atom stereocenters. The molecule has 1 aliphatic rings. The van der Waals surface area contributed by atoms with Crippen LogP contribution in [0.4, 0.5) is 0 Å². The molecule has 0 aromatic carbocycles. The summed E-state index contributed by atoms with van der Waals surface area (Å²) in [4.78, 5) is 11.1. The summed E-state index contributed by atoms with van der Waals surface area (Å²) in [5, 5.41) is 3.28. The average molecular weight is 199 g/mol. The molecule has 0 saturated heterocycles. The first-order valence-electron chi connectivity index (χ1n) is 5.63. The van der Waals surface area contributed by atoms with Gasteiger partial charge in [-0.05, 0) is 25.7 Å². The molecule has 3 nitrogen and oxygen atoms in total. The molecule has 3 heteroatoms. The van der Waals surface area contributed by atoms with Crippen LogP contribution in [0.15, 0.2) is 0 Å². The van der Waals surface area contributed by atoms with E-state index in [-0.39, 0.29) is 5.97 Å². The minimum atomic E-state index is -0.134. The predicted octanol–water partition coefficient (Wildman–Crippen LogP) is 1.72. The molecule has 1 rings (SSSR count). The molecule has 0 aromatic heterocycles. The van der Waals surface area contributed by atoms with Crippen LogP contribution in [-0.4, -0.2) is 25.2 Å². The molecular formula is C11H21NO2. The molecule has 0 bridgehead atoms. The van der Waals surface area contributed by atoms with Crippen LogP contribution in [0.2, 0.25) is 0 Å². The molecule has 82 valence electrons. The van der Waals surface area contributed by atoms with Crippen LogP contribution < -0.4 is 5.32 Å². The lowest BCUT2D eigenvalue weighted by Gasteiger charge is -2.29. The van der Waals surface area contributed by atoms with Gasteiger partial charge in [0.25, 0.3) is 0 Å². The molecule has 14 heavy (non-hydrogen) atoms. The molecule has 1 saturated carbocycles. The number of carbonyl (C=O) groups is 1. The summed E-state index contributed by atoms with van der Waals surface area (Å²) < 4.78 is 4.87. The van der Waals surface area contributed by atoms with E-state index >= 15 is 0 Å². The number of hydrogen-bond donors (Lipinski definition) is 1. The second kappa shape index (κ2) is 6.02. The van der Waals surface area contributed by atoms with E-state index in [4.69, 9.17) is 4.74 Å². The summed E-state index contributed by atoms with van der Waals surface area (Å²) in [6, 6.07) is 0.508. The lowest BCUT2D eigenvalue weighted by atomic mass is 9.86. The van der Waals surface area contributed by atoms with Crippen molar-refractivity contribution in [1.82, 2.24) is 5.32 Å². The summed E-state index contributed by atoms with van der Waals surface area (Å²) in [5.41, 5.74) is 0. The van der Waals surface area contributed by atoms with Gasteiger partial charge in [-0.15, -0.1) is 0 Å². The molecule has 1 N–H and O–H groups in total. The van der Waals surface area contributed by atoms with Crippen LogP contribution in [-0.2, 0) is 9.53 Å². The van der Waals surface area contributed by atoms with Gasteiger partial charge >= 0.3 is 5.97 Å². The molecule has 0 radical (unpaired) electrons. The Morgan fingerprint density at radius 3 is 2.79 bits per heavy atom. The number of carbonyl (C=O) groups excluding carboxylic acids is 1. The standard InChI is InChI=1S/C11H21NO2/c1-3-14-11(13)8-12-10-7-5-4-6-9(10)2/h9-10,12H,3-8H2,1-2H3/t9-,10-/m1/s1. The average Bonchev–Trinajstić information content (AvgIpc) is 2.17. The van der Waals surface area contributed by atoms with E-state index in [0.717, 1.165) is 0 Å². The Kier molecular flexibility index (Phi) is 4.94. The summed E-state index contributed by atoms with van der Waals surface area (Å²) in [6.45, 7) is 4.92. The smallest absolute Gasteiger partial charge is 0.319 e. The zero-order valence-electron chi connectivity index (χ0n) is 9.21. The van der Waals surface area contributed by atoms with Crippen LogP contribution in [0.3, 0.4) is 0 Å². The van der Waals surface area contributed by atoms with Crippen LogP contribution in [0, 0.1) is 5.92 Å². The van der Waals surface area contributed by atoms with Crippen molar-refractivity contribution >= 4 is 5.97 Å². The molecule has 0 aliphatic heterocycles. The van der Waals surface area contributed by atoms with Crippen molar-refractivity contribution in [2.24, 2.45) is 5.92 Å². The van der Waals surface area contributed by atoms with Gasteiger partial charge in [0, 0.05) is 6.04 Å². The Labute approximate surface area is 86.2 Å². The monoisotopic (exact) mass is 199 g/mol. The van der Waals surface area contributed by atoms with Crippen molar-refractivity contribution in [3.8, 4) is 0 Å². The van der Waals surface area contributed by atoms with Gasteiger partial charge in [-0.3, -0.25) is 4.79 Å². The third-order valence-electron chi connectivity index (χ3n) is 2.93. The quantitative estimate of drug-likeness (QED) is 0.701. The second-order valence-corrected chi connectivity index (χ2v) is 4.05. The van der Waals surface area contributed by atoms with Crippen molar-refractivity contribution in [3.05, 3.63) is 0 Å². The van der Waals surface area contributed by atoms with Crippen molar-refractivity contribution < 1.29 is 9.53 Å². The van der Waals surface area contributed by atoms with Gasteiger partial charge in [-0.25, -0.2) is 0 Å². The van der Waals surface area contributed by atoms with E-state index in [1.165, 1.54) is 25.7 Å². The number of esters is 1. The summed E-state index contributed by atoms with van der Waals surface area (Å²) in [7, 11) is 0. The van der Waals surface area contributed by atoms with E-state index in [2.05, 4.69) is 12.2 Å². The van der Waals surface area contributed by atoms with Crippen LogP contribution >= 0.6 is 0 Å². The van der Waals surface area contributed by atoms with Gasteiger partial charge in [0.05, 0.1) is 13.2 Å². The number of rotatable bonds is 4. The molecule has 0 spiro atoms. The minimum Gasteiger partial charge on any atom is -0.465 e. The van der Waals surface area contributed by atoms with Crippen LogP contribution in [0.25, 0.3) is 0 Å². The van der Waals surface area contributed by atoms with E-state index in [1.807, 2.05) is 6.92 Å². The molecule has 1 fully saturated rings. The minimum absolute atomic E-state index is 0.134. The summed E-state index contributed by atoms with van der Waals surface area (Å²) in [5.74, 6) is 0.559. The Morgan fingerprint density at radius 2 is 2.14 bits per heavy atom. The highest BCUT2D eigenvalue weighted by Gasteiger charge is 2.21. The fourth-order valence-electron chi connectivity index (χ4n) is 2.05. The normalized spacial score (nSPS) is 27.3. The van der Waals surface area contributed by atoms with Crippen LogP contribution in [0.5, 0.6) is 0 Å². The largest absolute Gasteiger partial charge is 0.465 e. The molecule has 0 heterocycles. The SMILES string of the molecule is CCOC(=O)CN[C@@H]1CCCC[C@H]1C.